The highest BCUT2D eigenvalue weighted by molar-refractivity contribution is 8.00. The maximum atomic E-state index is 11.1. The molecule has 1 unspecified atom stereocenters. The minimum atomic E-state index is 0.0998. The van der Waals surface area contributed by atoms with Gasteiger partial charge in [-0.2, -0.15) is 0 Å². The van der Waals surface area contributed by atoms with Crippen molar-refractivity contribution in [3.05, 3.63) is 0 Å². The van der Waals surface area contributed by atoms with E-state index in [4.69, 9.17) is 5.11 Å². The first-order valence-corrected chi connectivity index (χ1v) is 5.29. The number of carbonyl (C=O) groups excluding carboxylic acids is 1. The zero-order valence-corrected chi connectivity index (χ0v) is 8.06. The number of thioether (sulfide) groups is 1. The number of aliphatic hydroxyl groups excluding tert-OH is 1. The number of amides is 1. The summed E-state index contributed by atoms with van der Waals surface area (Å²) in [7, 11) is 0. The Kier molecular flexibility index (Phi) is 3.88. The standard InChI is InChI=1S/C8H15NO2S/c1-6(4-10)12-5-8(11)9-7-2-3-7/h6-7,10H,2-5H2,1H3,(H,9,11). The number of rotatable bonds is 5. The molecule has 0 aromatic carbocycles. The fourth-order valence-electron chi connectivity index (χ4n) is 0.768. The van der Waals surface area contributed by atoms with Gasteiger partial charge >= 0.3 is 0 Å². The van der Waals surface area contributed by atoms with E-state index in [1.807, 2.05) is 6.92 Å². The van der Waals surface area contributed by atoms with Gasteiger partial charge in [0.1, 0.15) is 0 Å². The van der Waals surface area contributed by atoms with Crippen LogP contribution in [0.3, 0.4) is 0 Å². The van der Waals surface area contributed by atoms with Crippen molar-refractivity contribution in [2.45, 2.75) is 31.1 Å². The lowest BCUT2D eigenvalue weighted by molar-refractivity contribution is -0.118. The lowest BCUT2D eigenvalue weighted by Gasteiger charge is -2.06. The number of nitrogens with one attached hydrogen (secondary N) is 1. The fourth-order valence-corrected chi connectivity index (χ4v) is 1.39. The zero-order chi connectivity index (χ0) is 8.97. The Hall–Kier alpha value is -0.220. The van der Waals surface area contributed by atoms with Gasteiger partial charge in [-0.3, -0.25) is 4.79 Å². The molecule has 0 heterocycles. The van der Waals surface area contributed by atoms with Crippen LogP contribution < -0.4 is 5.32 Å². The van der Waals surface area contributed by atoms with Crippen molar-refractivity contribution in [3.8, 4) is 0 Å². The number of hydrogen-bond donors (Lipinski definition) is 2. The predicted octanol–water partition coefficient (Wildman–Crippen LogP) is 0.379. The van der Waals surface area contributed by atoms with E-state index in [9.17, 15) is 4.79 Å². The van der Waals surface area contributed by atoms with Gasteiger partial charge in [0.2, 0.25) is 5.91 Å². The third kappa shape index (κ3) is 3.97. The molecule has 2 N–H and O–H groups in total. The molecule has 1 rings (SSSR count). The van der Waals surface area contributed by atoms with Gasteiger partial charge in [0.25, 0.3) is 0 Å². The summed E-state index contributed by atoms with van der Waals surface area (Å²) >= 11 is 1.49. The molecular weight excluding hydrogens is 174 g/mol. The van der Waals surface area contributed by atoms with Crippen LogP contribution in [0.25, 0.3) is 0 Å². The summed E-state index contributed by atoms with van der Waals surface area (Å²) in [5.41, 5.74) is 0. The van der Waals surface area contributed by atoms with Gasteiger partial charge in [-0.05, 0) is 12.8 Å². The molecule has 1 fully saturated rings. The van der Waals surface area contributed by atoms with Crippen LogP contribution in [0.5, 0.6) is 0 Å². The first kappa shape index (κ1) is 9.86. The van der Waals surface area contributed by atoms with E-state index in [2.05, 4.69) is 5.32 Å². The molecule has 0 spiro atoms. The molecule has 1 atom stereocenters. The SMILES string of the molecule is CC(CO)SCC(=O)NC1CC1. The molecule has 0 aromatic heterocycles. The topological polar surface area (TPSA) is 49.3 Å². The molecule has 12 heavy (non-hydrogen) atoms. The smallest absolute Gasteiger partial charge is 0.230 e. The molecule has 0 aliphatic heterocycles. The van der Waals surface area contributed by atoms with Crippen LogP contribution in [0.15, 0.2) is 0 Å². The molecule has 70 valence electrons. The van der Waals surface area contributed by atoms with Crippen molar-refractivity contribution in [3.63, 3.8) is 0 Å². The summed E-state index contributed by atoms with van der Waals surface area (Å²) in [4.78, 5) is 11.1. The Labute approximate surface area is 76.9 Å². The second kappa shape index (κ2) is 4.72. The molecule has 0 saturated heterocycles. The van der Waals surface area contributed by atoms with E-state index < -0.39 is 0 Å². The molecular formula is C8H15NO2S. The first-order valence-electron chi connectivity index (χ1n) is 4.24. The molecule has 4 heteroatoms. The Morgan fingerprint density at radius 1 is 1.75 bits per heavy atom. The monoisotopic (exact) mass is 189 g/mol. The molecule has 1 aliphatic carbocycles. The molecule has 1 amide bonds. The van der Waals surface area contributed by atoms with Gasteiger partial charge in [-0.15, -0.1) is 11.8 Å². The van der Waals surface area contributed by atoms with Crippen LogP contribution in [0, 0.1) is 0 Å². The average molecular weight is 189 g/mol. The van der Waals surface area contributed by atoms with Crippen LogP contribution in [0.2, 0.25) is 0 Å². The summed E-state index contributed by atoms with van der Waals surface area (Å²) in [6, 6.07) is 0.447. The second-order valence-electron chi connectivity index (χ2n) is 3.15. The van der Waals surface area contributed by atoms with Gasteiger partial charge in [-0.1, -0.05) is 6.92 Å². The highest BCUT2D eigenvalue weighted by Gasteiger charge is 2.23. The van der Waals surface area contributed by atoms with E-state index in [0.29, 0.717) is 11.8 Å². The van der Waals surface area contributed by atoms with Crippen molar-refractivity contribution in [2.75, 3.05) is 12.4 Å². The summed E-state index contributed by atoms with van der Waals surface area (Å²) < 4.78 is 0. The summed E-state index contributed by atoms with van der Waals surface area (Å²) in [5, 5.41) is 11.7. The second-order valence-corrected chi connectivity index (χ2v) is 4.57. The fraction of sp³-hybridized carbons (Fsp3) is 0.875. The quantitative estimate of drug-likeness (QED) is 0.657. The highest BCUT2D eigenvalue weighted by atomic mass is 32.2. The largest absolute Gasteiger partial charge is 0.395 e. The van der Waals surface area contributed by atoms with Crippen molar-refractivity contribution in [2.24, 2.45) is 0 Å². The lowest BCUT2D eigenvalue weighted by Crippen LogP contribution is -2.27. The molecule has 3 nitrogen and oxygen atoms in total. The summed E-state index contributed by atoms with van der Waals surface area (Å²) in [6.45, 7) is 2.05. The number of aliphatic hydroxyl groups is 1. The first-order chi connectivity index (χ1) is 5.72. The van der Waals surface area contributed by atoms with Gasteiger partial charge < -0.3 is 10.4 Å². The van der Waals surface area contributed by atoms with Gasteiger partial charge in [-0.25, -0.2) is 0 Å². The van der Waals surface area contributed by atoms with Crippen molar-refractivity contribution >= 4 is 17.7 Å². The van der Waals surface area contributed by atoms with Crippen molar-refractivity contribution in [1.29, 1.82) is 0 Å². The third-order valence-corrected chi connectivity index (χ3v) is 2.85. The lowest BCUT2D eigenvalue weighted by atomic mass is 10.5. The number of carbonyl (C=O) groups is 1. The maximum Gasteiger partial charge on any atom is 0.230 e. The van der Waals surface area contributed by atoms with Crippen LogP contribution in [0.4, 0.5) is 0 Å². The van der Waals surface area contributed by atoms with E-state index in [-0.39, 0.29) is 17.8 Å². The Bertz CT molecular complexity index is 159. The Morgan fingerprint density at radius 3 is 2.92 bits per heavy atom. The van der Waals surface area contributed by atoms with Crippen molar-refractivity contribution < 1.29 is 9.90 Å². The van der Waals surface area contributed by atoms with Crippen LogP contribution in [0.1, 0.15) is 19.8 Å². The van der Waals surface area contributed by atoms with Gasteiger partial charge in [0.15, 0.2) is 0 Å². The van der Waals surface area contributed by atoms with Crippen LogP contribution in [-0.4, -0.2) is 34.7 Å². The van der Waals surface area contributed by atoms with Gasteiger partial charge in [0, 0.05) is 11.3 Å². The molecule has 1 aliphatic rings. The average Bonchev–Trinajstić information content (AvgIpc) is 2.84. The highest BCUT2D eigenvalue weighted by Crippen LogP contribution is 2.19. The van der Waals surface area contributed by atoms with Crippen molar-refractivity contribution in [1.82, 2.24) is 5.32 Å². The third-order valence-electron chi connectivity index (χ3n) is 1.70. The van der Waals surface area contributed by atoms with Crippen LogP contribution >= 0.6 is 11.8 Å². The maximum absolute atomic E-state index is 11.1. The summed E-state index contributed by atoms with van der Waals surface area (Å²) in [5.74, 6) is 0.570. The van der Waals surface area contributed by atoms with Gasteiger partial charge in [0.05, 0.1) is 12.4 Å². The number of hydrogen-bond acceptors (Lipinski definition) is 3. The zero-order valence-electron chi connectivity index (χ0n) is 7.25. The molecule has 0 radical (unpaired) electrons. The minimum absolute atomic E-state index is 0.0998. The molecule has 1 saturated carbocycles. The Morgan fingerprint density at radius 2 is 2.42 bits per heavy atom. The van der Waals surface area contributed by atoms with E-state index in [1.54, 1.807) is 0 Å². The normalized spacial score (nSPS) is 18.8. The summed E-state index contributed by atoms with van der Waals surface area (Å²) in [6.07, 6.45) is 2.26. The van der Waals surface area contributed by atoms with E-state index >= 15 is 0 Å². The molecule has 0 bridgehead atoms. The predicted molar refractivity (Wildman–Crippen MR) is 50.2 cm³/mol. The minimum Gasteiger partial charge on any atom is -0.395 e. The van der Waals surface area contributed by atoms with E-state index in [1.165, 1.54) is 11.8 Å². The van der Waals surface area contributed by atoms with Crippen LogP contribution in [-0.2, 0) is 4.79 Å². The Balaban J connectivity index is 2.00. The van der Waals surface area contributed by atoms with E-state index in [0.717, 1.165) is 12.8 Å². The molecule has 0 aromatic rings.